The molecule has 0 saturated heterocycles. The van der Waals surface area contributed by atoms with E-state index in [9.17, 15) is 14.4 Å². The van der Waals surface area contributed by atoms with E-state index in [1.54, 1.807) is 28.8 Å². The zero-order chi connectivity index (χ0) is 34.6. The lowest BCUT2D eigenvalue weighted by molar-refractivity contribution is -0.122. The van der Waals surface area contributed by atoms with Crippen molar-refractivity contribution in [3.63, 3.8) is 0 Å². The highest BCUT2D eigenvalue weighted by Crippen LogP contribution is 2.29. The van der Waals surface area contributed by atoms with Crippen molar-refractivity contribution in [2.24, 2.45) is 0 Å². The number of ketones is 1. The molecule has 3 aromatic rings. The Morgan fingerprint density at radius 2 is 1.35 bits per heavy atom. The zero-order valence-corrected chi connectivity index (χ0v) is 29.6. The summed E-state index contributed by atoms with van der Waals surface area (Å²) in [5.74, 6) is -0.0454. The van der Waals surface area contributed by atoms with Crippen molar-refractivity contribution >= 4 is 40.1 Å². The second-order valence-corrected chi connectivity index (χ2v) is 12.4. The number of unbranched alkanes of at least 4 members (excludes halogenated alkanes) is 1. The molecule has 0 aliphatic heterocycles. The number of nitrogens with one attached hydrogen (secondary N) is 1. The summed E-state index contributed by atoms with van der Waals surface area (Å²) in [7, 11) is 0. The lowest BCUT2D eigenvalue weighted by atomic mass is 10.0. The van der Waals surface area contributed by atoms with Gasteiger partial charge in [-0.25, -0.2) is 0 Å². The monoisotopic (exact) mass is 666 g/mol. The van der Waals surface area contributed by atoms with Gasteiger partial charge < -0.3 is 5.32 Å². The zero-order valence-electron chi connectivity index (χ0n) is 28.9. The van der Waals surface area contributed by atoms with E-state index in [0.29, 0.717) is 36.4 Å². The molecule has 0 spiro atoms. The van der Waals surface area contributed by atoms with Gasteiger partial charge in [-0.05, 0) is 107 Å². The number of nitrogens with zero attached hydrogens (tertiary/aromatic N) is 1. The highest BCUT2D eigenvalue weighted by molar-refractivity contribution is 6.30. The van der Waals surface area contributed by atoms with Gasteiger partial charge in [-0.3, -0.25) is 19.0 Å². The Kier molecular flexibility index (Phi) is 17.2. The number of fused-ring (bicyclic) bond motifs is 1. The molecule has 1 heterocycles. The van der Waals surface area contributed by atoms with Gasteiger partial charge in [-0.2, -0.15) is 0 Å². The molecule has 1 aromatic heterocycles. The highest BCUT2D eigenvalue weighted by atomic mass is 35.5. The van der Waals surface area contributed by atoms with Gasteiger partial charge in [-0.1, -0.05) is 90.9 Å². The van der Waals surface area contributed by atoms with E-state index in [1.165, 1.54) is 0 Å². The number of benzene rings is 2. The standard InChI is InChI=1S/C42H51ClN2O3/c1-4-5-6-7-8-9-10-11-12-13-14-15-16-17-18-19-20-23-41(47)44-30-21-22-37(46)32-38-34(3)45(40-29-24-33(2)31-39(38)40)42(48)35-25-27-36(43)28-26-35/h5-6,8-9,11-12,14-15,17-18,24-29,31H,4,7,10,13,16,19-23,30,32H2,1-3H3,(H,44,47)/b6-5-,9-8-,12-11-,15-14-,18-17-. The van der Waals surface area contributed by atoms with Crippen molar-refractivity contribution in [2.45, 2.75) is 91.4 Å². The Balaban J connectivity index is 1.33. The molecule has 48 heavy (non-hydrogen) atoms. The number of aryl methyl sites for hydroxylation is 1. The predicted molar refractivity (Wildman–Crippen MR) is 202 cm³/mol. The fraction of sp³-hybridized carbons (Fsp3) is 0.357. The predicted octanol–water partition coefficient (Wildman–Crippen LogP) is 10.5. The van der Waals surface area contributed by atoms with Crippen LogP contribution in [0.15, 0.2) is 103 Å². The Bertz CT molecular complexity index is 1640. The fourth-order valence-electron chi connectivity index (χ4n) is 5.44. The number of Topliss-reactive ketones (excluding diaryl/α,β-unsaturated/α-hetero) is 1. The molecule has 0 radical (unpaired) electrons. The molecule has 0 fully saturated rings. The van der Waals surface area contributed by atoms with Gasteiger partial charge in [0.15, 0.2) is 0 Å². The molecule has 6 heteroatoms. The molecule has 254 valence electrons. The highest BCUT2D eigenvalue weighted by Gasteiger charge is 2.21. The molecule has 5 nitrogen and oxygen atoms in total. The number of carbonyl (C=O) groups is 3. The summed E-state index contributed by atoms with van der Waals surface area (Å²) in [6, 6.07) is 12.8. The van der Waals surface area contributed by atoms with Crippen LogP contribution >= 0.6 is 11.6 Å². The Labute approximate surface area is 292 Å². The van der Waals surface area contributed by atoms with Crippen LogP contribution < -0.4 is 5.32 Å². The number of halogens is 1. The number of amides is 1. The van der Waals surface area contributed by atoms with Crippen LogP contribution in [0.3, 0.4) is 0 Å². The third kappa shape index (κ3) is 13.1. The summed E-state index contributed by atoms with van der Waals surface area (Å²) in [6.07, 6.45) is 30.0. The molecule has 0 saturated carbocycles. The first kappa shape index (κ1) is 38.2. The minimum Gasteiger partial charge on any atom is -0.356 e. The normalized spacial score (nSPS) is 12.2. The number of carbonyl (C=O) groups excluding carboxylic acids is 3. The number of aromatic nitrogens is 1. The maximum atomic E-state index is 13.5. The molecule has 0 aliphatic rings. The molecule has 0 aliphatic carbocycles. The lowest BCUT2D eigenvalue weighted by Gasteiger charge is -2.08. The Morgan fingerprint density at radius 1 is 0.750 bits per heavy atom. The van der Waals surface area contributed by atoms with E-state index < -0.39 is 0 Å². The number of rotatable bonds is 20. The van der Waals surface area contributed by atoms with Crippen LogP contribution in [0.4, 0.5) is 0 Å². The van der Waals surface area contributed by atoms with Crippen LogP contribution in [-0.2, 0) is 16.0 Å². The summed E-state index contributed by atoms with van der Waals surface area (Å²) in [5.41, 5.74) is 4.03. The SMILES string of the molecule is CC/C=C\C/C=C\C/C=C\C/C=C\C/C=C\CCCC(=O)NCCCC(=O)Cc1c(C)n(C(=O)c2ccc(Cl)cc2)c2ccc(C)cc12. The molecule has 0 atom stereocenters. The van der Waals surface area contributed by atoms with Crippen molar-refractivity contribution in [3.05, 3.63) is 131 Å². The summed E-state index contributed by atoms with van der Waals surface area (Å²) in [5, 5.41) is 4.44. The van der Waals surface area contributed by atoms with Crippen molar-refractivity contribution in [3.8, 4) is 0 Å². The summed E-state index contributed by atoms with van der Waals surface area (Å²) < 4.78 is 1.69. The maximum absolute atomic E-state index is 13.5. The number of hydrogen-bond acceptors (Lipinski definition) is 3. The van der Waals surface area contributed by atoms with Crippen LogP contribution in [0.1, 0.15) is 98.3 Å². The summed E-state index contributed by atoms with van der Waals surface area (Å²) in [4.78, 5) is 38.8. The molecule has 1 N–H and O–H groups in total. The summed E-state index contributed by atoms with van der Waals surface area (Å²) in [6.45, 7) is 6.52. The first-order valence-electron chi connectivity index (χ1n) is 17.3. The number of allylic oxidation sites excluding steroid dienone is 10. The van der Waals surface area contributed by atoms with Crippen molar-refractivity contribution < 1.29 is 14.4 Å². The smallest absolute Gasteiger partial charge is 0.262 e. The average Bonchev–Trinajstić information content (AvgIpc) is 3.34. The van der Waals surface area contributed by atoms with Crippen molar-refractivity contribution in [1.82, 2.24) is 9.88 Å². The molecule has 0 bridgehead atoms. The number of hydrogen-bond donors (Lipinski definition) is 1. The van der Waals surface area contributed by atoms with E-state index in [-0.39, 0.29) is 24.0 Å². The third-order valence-electron chi connectivity index (χ3n) is 8.05. The molecule has 3 rings (SSSR count). The first-order valence-corrected chi connectivity index (χ1v) is 17.6. The Hall–Kier alpha value is -4.22. The molecule has 1 amide bonds. The van der Waals surface area contributed by atoms with Gasteiger partial charge in [0, 0.05) is 47.5 Å². The van der Waals surface area contributed by atoms with Crippen molar-refractivity contribution in [2.75, 3.05) is 6.54 Å². The molecule has 2 aromatic carbocycles. The van der Waals surface area contributed by atoms with E-state index in [2.05, 4.69) is 73.0 Å². The van der Waals surface area contributed by atoms with Crippen LogP contribution in [0, 0.1) is 13.8 Å². The first-order chi connectivity index (χ1) is 23.3. The third-order valence-corrected chi connectivity index (χ3v) is 8.30. The minimum absolute atomic E-state index is 0.0184. The van der Waals surface area contributed by atoms with Gasteiger partial charge in [0.05, 0.1) is 5.52 Å². The van der Waals surface area contributed by atoms with Gasteiger partial charge in [0.25, 0.3) is 5.91 Å². The molecule has 0 unspecified atom stereocenters. The van der Waals surface area contributed by atoms with Gasteiger partial charge >= 0.3 is 0 Å². The van der Waals surface area contributed by atoms with Gasteiger partial charge in [-0.15, -0.1) is 0 Å². The van der Waals surface area contributed by atoms with Gasteiger partial charge in [0.1, 0.15) is 5.78 Å². The lowest BCUT2D eigenvalue weighted by Crippen LogP contribution is -2.24. The van der Waals surface area contributed by atoms with Crippen LogP contribution in [-0.4, -0.2) is 28.7 Å². The minimum atomic E-state index is -0.152. The largest absolute Gasteiger partial charge is 0.356 e. The summed E-state index contributed by atoms with van der Waals surface area (Å²) >= 11 is 6.03. The molecular formula is C42H51ClN2O3. The van der Waals surface area contributed by atoms with Crippen LogP contribution in [0.2, 0.25) is 5.02 Å². The second kappa shape index (κ2) is 21.6. The van der Waals surface area contributed by atoms with E-state index in [4.69, 9.17) is 11.6 Å². The quantitative estimate of drug-likeness (QED) is 0.0964. The van der Waals surface area contributed by atoms with Crippen LogP contribution in [0.25, 0.3) is 10.9 Å². The Morgan fingerprint density at radius 3 is 1.98 bits per heavy atom. The van der Waals surface area contributed by atoms with Gasteiger partial charge in [0.2, 0.25) is 5.91 Å². The van der Waals surface area contributed by atoms with Crippen LogP contribution in [0.5, 0.6) is 0 Å². The maximum Gasteiger partial charge on any atom is 0.262 e. The topological polar surface area (TPSA) is 68.2 Å². The average molecular weight is 667 g/mol. The molecular weight excluding hydrogens is 616 g/mol. The van der Waals surface area contributed by atoms with Crippen molar-refractivity contribution in [1.29, 1.82) is 0 Å². The fourth-order valence-corrected chi connectivity index (χ4v) is 5.57. The van der Waals surface area contributed by atoms with E-state index >= 15 is 0 Å². The van der Waals surface area contributed by atoms with E-state index in [1.807, 2.05) is 32.0 Å². The van der Waals surface area contributed by atoms with E-state index in [0.717, 1.165) is 72.7 Å². The second-order valence-electron chi connectivity index (χ2n) is 12.0.